The largest absolute Gasteiger partial charge is 0.494 e. The zero-order valence-electron chi connectivity index (χ0n) is 23.9. The van der Waals surface area contributed by atoms with Gasteiger partial charge in [0.25, 0.3) is 0 Å². The number of rotatable bonds is 11. The molecule has 0 radical (unpaired) electrons. The molecule has 2 heterocycles. The summed E-state index contributed by atoms with van der Waals surface area (Å²) >= 11 is 2.60. The Hall–Kier alpha value is -5.40. The third kappa shape index (κ3) is 6.64. The fourth-order valence-electron chi connectivity index (χ4n) is 4.49. The topological polar surface area (TPSA) is 191 Å². The zero-order valence-corrected chi connectivity index (χ0v) is 25.6. The van der Waals surface area contributed by atoms with Crippen molar-refractivity contribution in [3.8, 4) is 58.0 Å². The SMILES string of the molecule is CSc1nc(N)c(C#N)c(-c2ccc(OCCCCOc3ccc(-c4c(C#N)c(N)nc(SC)c4C#N)cc3)cc2)c1C#N. The molecule has 2 aromatic carbocycles. The number of hydrogen-bond acceptors (Lipinski definition) is 12. The van der Waals surface area contributed by atoms with Gasteiger partial charge in [-0.15, -0.1) is 23.5 Å². The number of unbranched alkanes of at least 4 members (excludes halogenated alkanes) is 1. The van der Waals surface area contributed by atoms with Crippen LogP contribution in [0.1, 0.15) is 35.1 Å². The number of aromatic nitrogens is 2. The van der Waals surface area contributed by atoms with Gasteiger partial charge in [-0.05, 0) is 60.7 Å². The highest BCUT2D eigenvalue weighted by molar-refractivity contribution is 7.98. The summed E-state index contributed by atoms with van der Waals surface area (Å²) in [5.74, 6) is 1.50. The normalized spacial score (nSPS) is 10.2. The van der Waals surface area contributed by atoms with Crippen molar-refractivity contribution >= 4 is 35.2 Å². The Morgan fingerprint density at radius 1 is 0.591 bits per heavy atom. The van der Waals surface area contributed by atoms with Gasteiger partial charge in [0.1, 0.15) is 68.6 Å². The minimum Gasteiger partial charge on any atom is -0.494 e. The Balaban J connectivity index is 1.32. The molecule has 44 heavy (non-hydrogen) atoms. The third-order valence-electron chi connectivity index (χ3n) is 6.58. The van der Waals surface area contributed by atoms with Crippen LogP contribution in [0.5, 0.6) is 11.5 Å². The number of nitriles is 4. The van der Waals surface area contributed by atoms with Crippen molar-refractivity contribution in [2.24, 2.45) is 0 Å². The van der Waals surface area contributed by atoms with Gasteiger partial charge in [-0.1, -0.05) is 24.3 Å². The van der Waals surface area contributed by atoms with Crippen LogP contribution in [0.3, 0.4) is 0 Å². The first-order valence-corrected chi connectivity index (χ1v) is 15.7. The second-order valence-corrected chi connectivity index (χ2v) is 10.8. The van der Waals surface area contributed by atoms with Crippen molar-refractivity contribution in [1.29, 1.82) is 21.0 Å². The van der Waals surface area contributed by atoms with Crippen LogP contribution in [0, 0.1) is 45.3 Å². The lowest BCUT2D eigenvalue weighted by Crippen LogP contribution is -2.04. The summed E-state index contributed by atoms with van der Waals surface area (Å²) in [5.41, 5.74) is 15.3. The van der Waals surface area contributed by atoms with E-state index in [1.165, 1.54) is 23.5 Å². The van der Waals surface area contributed by atoms with Gasteiger partial charge in [0, 0.05) is 11.1 Å². The van der Waals surface area contributed by atoms with Gasteiger partial charge >= 0.3 is 0 Å². The smallest absolute Gasteiger partial charge is 0.143 e. The number of anilines is 2. The van der Waals surface area contributed by atoms with E-state index in [1.807, 2.05) is 0 Å². The fraction of sp³-hybridized carbons (Fsp3) is 0.188. The highest BCUT2D eigenvalue weighted by atomic mass is 32.2. The summed E-state index contributed by atoms with van der Waals surface area (Å²) in [6.07, 6.45) is 5.10. The first-order valence-electron chi connectivity index (χ1n) is 13.2. The summed E-state index contributed by atoms with van der Waals surface area (Å²) in [6.45, 7) is 0.949. The van der Waals surface area contributed by atoms with Crippen LogP contribution in [-0.2, 0) is 0 Å². The van der Waals surface area contributed by atoms with Gasteiger partial charge in [-0.2, -0.15) is 21.0 Å². The quantitative estimate of drug-likeness (QED) is 0.144. The Labute approximate surface area is 263 Å². The van der Waals surface area contributed by atoms with Gasteiger partial charge in [0.15, 0.2) is 0 Å². The minimum absolute atomic E-state index is 0.0919. The molecule has 0 fully saturated rings. The highest BCUT2D eigenvalue weighted by Gasteiger charge is 2.21. The predicted molar refractivity (Wildman–Crippen MR) is 171 cm³/mol. The Morgan fingerprint density at radius 2 is 0.932 bits per heavy atom. The molecule has 0 amide bonds. The van der Waals surface area contributed by atoms with Crippen LogP contribution in [0.15, 0.2) is 58.6 Å². The van der Waals surface area contributed by atoms with E-state index in [-0.39, 0.29) is 22.8 Å². The number of nitrogens with two attached hydrogens (primary N) is 2. The molecule has 0 saturated carbocycles. The van der Waals surface area contributed by atoms with Crippen LogP contribution in [0.2, 0.25) is 0 Å². The summed E-state index contributed by atoms with van der Waals surface area (Å²) in [4.78, 5) is 8.38. The van der Waals surface area contributed by atoms with Crippen molar-refractivity contribution < 1.29 is 9.47 Å². The molecular weight excluding hydrogens is 593 g/mol. The maximum absolute atomic E-state index is 9.73. The first kappa shape index (κ1) is 31.5. The molecule has 0 spiro atoms. The number of benzene rings is 2. The summed E-state index contributed by atoms with van der Waals surface area (Å²) in [6, 6.07) is 22.8. The standard InChI is InChI=1S/C32H26N8O2S2/c1-43-31-25(17-35)27(23(15-33)29(37)39-31)19-5-9-21(10-6-19)41-13-3-4-14-42-22-11-7-20(8-12-22)28-24(16-34)30(38)40-32(44-2)26(28)18-36/h5-12H,3-4,13-14H2,1-2H3,(H2,37,39)(H2,38,40). The molecule has 0 aliphatic rings. The second kappa shape index (κ2) is 14.7. The molecule has 218 valence electrons. The monoisotopic (exact) mass is 618 g/mol. The number of hydrogen-bond donors (Lipinski definition) is 2. The molecule has 4 rings (SSSR count). The first-order chi connectivity index (χ1) is 21.4. The molecule has 0 unspecified atom stereocenters. The summed E-state index contributed by atoms with van der Waals surface area (Å²) in [7, 11) is 0. The van der Waals surface area contributed by atoms with Crippen molar-refractivity contribution in [1.82, 2.24) is 9.97 Å². The van der Waals surface area contributed by atoms with Gasteiger partial charge in [-0.3, -0.25) is 0 Å². The van der Waals surface area contributed by atoms with Crippen LogP contribution in [0.4, 0.5) is 11.6 Å². The number of nitrogens with zero attached hydrogens (tertiary/aromatic N) is 6. The molecule has 10 nitrogen and oxygen atoms in total. The molecule has 12 heteroatoms. The number of ether oxygens (including phenoxy) is 2. The van der Waals surface area contributed by atoms with Gasteiger partial charge in [-0.25, -0.2) is 9.97 Å². The van der Waals surface area contributed by atoms with E-state index >= 15 is 0 Å². The van der Waals surface area contributed by atoms with Crippen LogP contribution in [-0.4, -0.2) is 35.7 Å². The van der Waals surface area contributed by atoms with Crippen molar-refractivity contribution in [2.45, 2.75) is 22.9 Å². The maximum atomic E-state index is 9.73. The van der Waals surface area contributed by atoms with Crippen LogP contribution in [0.25, 0.3) is 22.3 Å². The van der Waals surface area contributed by atoms with E-state index in [9.17, 15) is 21.0 Å². The Kier molecular flexibility index (Phi) is 10.5. The van der Waals surface area contributed by atoms with E-state index < -0.39 is 0 Å². The van der Waals surface area contributed by atoms with Gasteiger partial charge < -0.3 is 20.9 Å². The Morgan fingerprint density at radius 3 is 1.23 bits per heavy atom. The van der Waals surface area contributed by atoms with Crippen molar-refractivity contribution in [2.75, 3.05) is 37.2 Å². The number of pyridine rings is 2. The molecule has 4 N–H and O–H groups in total. The van der Waals surface area contributed by atoms with Crippen LogP contribution < -0.4 is 20.9 Å². The Bertz CT molecular complexity index is 1710. The summed E-state index contributed by atoms with van der Waals surface area (Å²) in [5, 5.41) is 39.7. The van der Waals surface area contributed by atoms with E-state index in [4.69, 9.17) is 20.9 Å². The zero-order chi connectivity index (χ0) is 31.6. The van der Waals surface area contributed by atoms with Gasteiger partial charge in [0.05, 0.1) is 24.3 Å². The van der Waals surface area contributed by atoms with Crippen LogP contribution >= 0.6 is 23.5 Å². The van der Waals surface area contributed by atoms with E-state index in [2.05, 4.69) is 34.2 Å². The molecule has 0 aliphatic heterocycles. The average molecular weight is 619 g/mol. The summed E-state index contributed by atoms with van der Waals surface area (Å²) < 4.78 is 11.7. The molecule has 0 saturated heterocycles. The number of nitrogen functional groups attached to an aromatic ring is 2. The molecular formula is C32H26N8O2S2. The lowest BCUT2D eigenvalue weighted by atomic mass is 9.97. The number of thioether (sulfide) groups is 2. The molecule has 0 aliphatic carbocycles. The molecule has 2 aromatic heterocycles. The minimum atomic E-state index is 0.0919. The average Bonchev–Trinajstić information content (AvgIpc) is 3.05. The molecule has 0 bridgehead atoms. The lowest BCUT2D eigenvalue weighted by molar-refractivity contribution is 0.266. The van der Waals surface area contributed by atoms with Crippen molar-refractivity contribution in [3.63, 3.8) is 0 Å². The van der Waals surface area contributed by atoms with Crippen molar-refractivity contribution in [3.05, 3.63) is 70.8 Å². The maximum Gasteiger partial charge on any atom is 0.143 e. The molecule has 0 atom stereocenters. The van der Waals surface area contributed by atoms with E-state index in [1.54, 1.807) is 61.0 Å². The predicted octanol–water partition coefficient (Wildman–Crippen LogP) is 6.14. The van der Waals surface area contributed by atoms with Gasteiger partial charge in [0.2, 0.25) is 0 Å². The molecule has 4 aromatic rings. The third-order valence-corrected chi connectivity index (χ3v) is 7.94. The highest BCUT2D eigenvalue weighted by Crippen LogP contribution is 2.37. The van der Waals surface area contributed by atoms with E-state index in [0.29, 0.717) is 68.1 Å². The fourth-order valence-corrected chi connectivity index (χ4v) is 5.57. The second-order valence-electron chi connectivity index (χ2n) is 9.16. The lowest BCUT2D eigenvalue weighted by Gasteiger charge is -2.13. The van der Waals surface area contributed by atoms with E-state index in [0.717, 1.165) is 12.8 Å².